The topological polar surface area (TPSA) is 65.0 Å². The highest BCUT2D eigenvalue weighted by Gasteiger charge is 2.13. The Morgan fingerprint density at radius 2 is 1.43 bits per heavy atom. The maximum atomic E-state index is 11.2. The molecule has 0 aliphatic heterocycles. The number of benzene rings is 2. The Labute approximate surface area is 167 Å². The third kappa shape index (κ3) is 7.24. The average molecular weight is 386 g/mol. The van der Waals surface area contributed by atoms with Gasteiger partial charge in [0.1, 0.15) is 30.8 Å². The summed E-state index contributed by atoms with van der Waals surface area (Å²) in [6, 6.07) is 15.4. The fraction of sp³-hybridized carbons (Fsp3) is 0.435. The molecule has 2 aromatic carbocycles. The Morgan fingerprint density at radius 3 is 1.89 bits per heavy atom. The molecule has 0 radical (unpaired) electrons. The van der Waals surface area contributed by atoms with Crippen LogP contribution >= 0.6 is 0 Å². The van der Waals surface area contributed by atoms with Crippen LogP contribution in [0.1, 0.15) is 38.3 Å². The van der Waals surface area contributed by atoms with Gasteiger partial charge >= 0.3 is 5.97 Å². The fourth-order valence-corrected chi connectivity index (χ4v) is 2.58. The van der Waals surface area contributed by atoms with Crippen LogP contribution in [0.25, 0.3) is 0 Å². The molecular formula is C23H30O5. The molecule has 1 atom stereocenters. The Hall–Kier alpha value is -2.53. The van der Waals surface area contributed by atoms with E-state index in [-0.39, 0.29) is 24.6 Å². The lowest BCUT2D eigenvalue weighted by Gasteiger charge is -2.19. The number of esters is 1. The van der Waals surface area contributed by atoms with E-state index in [0.717, 1.165) is 11.3 Å². The van der Waals surface area contributed by atoms with E-state index in [0.29, 0.717) is 18.6 Å². The third-order valence-electron chi connectivity index (χ3n) is 4.37. The van der Waals surface area contributed by atoms with E-state index < -0.39 is 6.10 Å². The smallest absolute Gasteiger partial charge is 0.305 e. The molecule has 0 saturated heterocycles. The third-order valence-corrected chi connectivity index (χ3v) is 4.37. The van der Waals surface area contributed by atoms with Crippen molar-refractivity contribution in [3.63, 3.8) is 0 Å². The van der Waals surface area contributed by atoms with Crippen molar-refractivity contribution in [3.05, 3.63) is 59.7 Å². The van der Waals surface area contributed by atoms with Gasteiger partial charge in [0.15, 0.2) is 0 Å². The second-order valence-corrected chi connectivity index (χ2v) is 7.77. The van der Waals surface area contributed by atoms with E-state index >= 15 is 0 Å². The van der Waals surface area contributed by atoms with Crippen LogP contribution in [0, 0.1) is 0 Å². The highest BCUT2D eigenvalue weighted by molar-refractivity contribution is 5.69. The molecule has 5 heteroatoms. The van der Waals surface area contributed by atoms with Crippen molar-refractivity contribution in [2.24, 2.45) is 0 Å². The zero-order chi connectivity index (χ0) is 20.6. The van der Waals surface area contributed by atoms with Crippen LogP contribution in [0.15, 0.2) is 48.5 Å². The summed E-state index contributed by atoms with van der Waals surface area (Å²) in [5.41, 5.74) is 2.36. The number of ether oxygens (including phenoxy) is 3. The summed E-state index contributed by atoms with van der Waals surface area (Å²) in [4.78, 5) is 11.2. The van der Waals surface area contributed by atoms with Gasteiger partial charge in [0, 0.05) is 6.42 Å². The van der Waals surface area contributed by atoms with Gasteiger partial charge in [-0.3, -0.25) is 4.79 Å². The SMILES string of the molecule is COC(=O)CCc1ccc(OCC(O)COc2ccc(C(C)(C)C)cc2)cc1. The minimum atomic E-state index is -0.735. The number of aliphatic hydroxyl groups excluding tert-OH is 1. The normalized spacial score (nSPS) is 12.3. The van der Waals surface area contributed by atoms with Crippen LogP contribution in [0.5, 0.6) is 11.5 Å². The lowest BCUT2D eigenvalue weighted by Crippen LogP contribution is -2.25. The van der Waals surface area contributed by atoms with Crippen molar-refractivity contribution in [2.75, 3.05) is 20.3 Å². The Kier molecular flexibility index (Phi) is 7.88. The highest BCUT2D eigenvalue weighted by atomic mass is 16.5. The number of aryl methyl sites for hydroxylation is 1. The molecule has 5 nitrogen and oxygen atoms in total. The summed E-state index contributed by atoms with van der Waals surface area (Å²) < 4.78 is 15.9. The van der Waals surface area contributed by atoms with Gasteiger partial charge in [-0.25, -0.2) is 0 Å². The first-order valence-corrected chi connectivity index (χ1v) is 9.48. The molecule has 0 aromatic heterocycles. The molecule has 0 heterocycles. The lowest BCUT2D eigenvalue weighted by atomic mass is 9.87. The zero-order valence-electron chi connectivity index (χ0n) is 17.1. The van der Waals surface area contributed by atoms with Gasteiger partial charge in [0.2, 0.25) is 0 Å². The predicted molar refractivity (Wildman–Crippen MR) is 109 cm³/mol. The van der Waals surface area contributed by atoms with Crippen molar-refractivity contribution in [2.45, 2.75) is 45.1 Å². The van der Waals surface area contributed by atoms with Gasteiger partial charge in [-0.15, -0.1) is 0 Å². The van der Waals surface area contributed by atoms with Crippen LogP contribution in [-0.2, 0) is 21.4 Å². The number of aliphatic hydroxyl groups is 1. The number of carbonyl (C=O) groups is 1. The standard InChI is InChI=1S/C23H30O5/c1-23(2,3)18-8-12-21(13-9-18)28-16-19(24)15-27-20-10-5-17(6-11-20)7-14-22(25)26-4/h5-6,8-13,19,24H,7,14-16H2,1-4H3. The Balaban J connectivity index is 1.73. The van der Waals surface area contributed by atoms with Crippen LogP contribution in [-0.4, -0.2) is 37.5 Å². The predicted octanol–water partition coefficient (Wildman–Crippen LogP) is 3.91. The van der Waals surface area contributed by atoms with Crippen LogP contribution < -0.4 is 9.47 Å². The molecule has 0 amide bonds. The van der Waals surface area contributed by atoms with E-state index in [1.54, 1.807) is 0 Å². The van der Waals surface area contributed by atoms with Crippen LogP contribution in [0.2, 0.25) is 0 Å². The maximum Gasteiger partial charge on any atom is 0.305 e. The molecule has 0 spiro atoms. The average Bonchev–Trinajstić information content (AvgIpc) is 2.69. The molecule has 1 N–H and O–H groups in total. The summed E-state index contributed by atoms with van der Waals surface area (Å²) in [6.45, 7) is 6.79. The molecular weight excluding hydrogens is 356 g/mol. The maximum absolute atomic E-state index is 11.2. The molecule has 2 rings (SSSR count). The molecule has 0 saturated carbocycles. The molecule has 0 aliphatic rings. The zero-order valence-corrected chi connectivity index (χ0v) is 17.1. The summed E-state index contributed by atoms with van der Waals surface area (Å²) in [7, 11) is 1.38. The summed E-state index contributed by atoms with van der Waals surface area (Å²) in [5, 5.41) is 10.1. The van der Waals surface area contributed by atoms with Crippen molar-refractivity contribution < 1.29 is 24.1 Å². The van der Waals surface area contributed by atoms with Gasteiger partial charge in [-0.2, -0.15) is 0 Å². The Morgan fingerprint density at radius 1 is 0.929 bits per heavy atom. The van der Waals surface area contributed by atoms with Crippen molar-refractivity contribution >= 4 is 5.97 Å². The van der Waals surface area contributed by atoms with Crippen molar-refractivity contribution in [1.82, 2.24) is 0 Å². The van der Waals surface area contributed by atoms with E-state index in [2.05, 4.69) is 25.5 Å². The highest BCUT2D eigenvalue weighted by Crippen LogP contribution is 2.24. The van der Waals surface area contributed by atoms with Gasteiger partial charge in [-0.1, -0.05) is 45.0 Å². The van der Waals surface area contributed by atoms with E-state index in [1.807, 2.05) is 48.5 Å². The summed E-state index contributed by atoms with van der Waals surface area (Å²) in [6.07, 6.45) is 0.238. The number of methoxy groups -OCH3 is 1. The molecule has 2 aromatic rings. The lowest BCUT2D eigenvalue weighted by molar-refractivity contribution is -0.140. The minimum absolute atomic E-state index is 0.0980. The van der Waals surface area contributed by atoms with Gasteiger partial charge in [0.05, 0.1) is 7.11 Å². The fourth-order valence-electron chi connectivity index (χ4n) is 2.58. The number of hydrogen-bond acceptors (Lipinski definition) is 5. The first-order chi connectivity index (χ1) is 13.3. The van der Waals surface area contributed by atoms with E-state index in [9.17, 15) is 9.90 Å². The van der Waals surface area contributed by atoms with Crippen LogP contribution in [0.3, 0.4) is 0 Å². The largest absolute Gasteiger partial charge is 0.491 e. The minimum Gasteiger partial charge on any atom is -0.491 e. The van der Waals surface area contributed by atoms with Gasteiger partial charge in [-0.05, 0) is 47.2 Å². The summed E-state index contributed by atoms with van der Waals surface area (Å²) >= 11 is 0. The molecule has 152 valence electrons. The quantitative estimate of drug-likeness (QED) is 0.662. The first-order valence-electron chi connectivity index (χ1n) is 9.48. The van der Waals surface area contributed by atoms with Gasteiger partial charge in [0.25, 0.3) is 0 Å². The number of hydrogen-bond donors (Lipinski definition) is 1. The van der Waals surface area contributed by atoms with E-state index in [1.165, 1.54) is 12.7 Å². The van der Waals surface area contributed by atoms with Crippen LogP contribution in [0.4, 0.5) is 0 Å². The molecule has 0 bridgehead atoms. The number of rotatable bonds is 9. The van der Waals surface area contributed by atoms with Gasteiger partial charge < -0.3 is 19.3 Å². The summed E-state index contributed by atoms with van der Waals surface area (Å²) in [5.74, 6) is 1.16. The van der Waals surface area contributed by atoms with Crippen molar-refractivity contribution in [3.8, 4) is 11.5 Å². The molecule has 0 fully saturated rings. The van der Waals surface area contributed by atoms with E-state index in [4.69, 9.17) is 9.47 Å². The second-order valence-electron chi connectivity index (χ2n) is 7.77. The Bertz CT molecular complexity index is 729. The monoisotopic (exact) mass is 386 g/mol. The second kappa shape index (κ2) is 10.1. The molecule has 0 aliphatic carbocycles. The molecule has 1 unspecified atom stereocenters. The first kappa shape index (κ1) is 21.8. The molecule has 28 heavy (non-hydrogen) atoms. The van der Waals surface area contributed by atoms with Crippen molar-refractivity contribution in [1.29, 1.82) is 0 Å². The number of carbonyl (C=O) groups excluding carboxylic acids is 1.